The summed E-state index contributed by atoms with van der Waals surface area (Å²) in [6.07, 6.45) is 1.66. The minimum absolute atomic E-state index is 0.0812. The van der Waals surface area contributed by atoms with Gasteiger partial charge in [-0.15, -0.1) is 0 Å². The molecule has 1 N–H and O–H groups in total. The number of fused-ring (bicyclic) bond motifs is 3. The first-order valence-electron chi connectivity index (χ1n) is 8.87. The van der Waals surface area contributed by atoms with E-state index in [1.165, 1.54) is 0 Å². The molecule has 2 aliphatic rings. The van der Waals surface area contributed by atoms with Crippen molar-refractivity contribution in [2.75, 3.05) is 7.11 Å². The summed E-state index contributed by atoms with van der Waals surface area (Å²) >= 11 is 6.14. The summed E-state index contributed by atoms with van der Waals surface area (Å²) in [5, 5.41) is 17.5. The standard InChI is InChI=1S/C21H17ClN2O4/c1-26-18-5-2-4-13-16-11-15(14-10-12(22)7-8-17(14)25)23-24(16)21(28-20(13)18)19-6-3-9-27-19/h2-10,16,21,25H,11H2,1H3. The van der Waals surface area contributed by atoms with E-state index in [0.717, 1.165) is 11.3 Å². The average molecular weight is 397 g/mol. The van der Waals surface area contributed by atoms with Gasteiger partial charge in [-0.25, -0.2) is 5.01 Å². The van der Waals surface area contributed by atoms with Crippen molar-refractivity contribution in [2.45, 2.75) is 18.7 Å². The second kappa shape index (κ2) is 6.49. The highest BCUT2D eigenvalue weighted by Crippen LogP contribution is 2.51. The second-order valence-corrected chi connectivity index (χ2v) is 7.11. The first kappa shape index (κ1) is 17.0. The highest BCUT2D eigenvalue weighted by atomic mass is 35.5. The fourth-order valence-electron chi connectivity index (χ4n) is 3.77. The normalized spacial score (nSPS) is 20.2. The summed E-state index contributed by atoms with van der Waals surface area (Å²) in [6.45, 7) is 0. The van der Waals surface area contributed by atoms with Crippen LogP contribution in [0.3, 0.4) is 0 Å². The van der Waals surface area contributed by atoms with Crippen LogP contribution in [0.25, 0.3) is 0 Å². The molecule has 142 valence electrons. The molecule has 28 heavy (non-hydrogen) atoms. The number of hydrazone groups is 1. The molecule has 7 heteroatoms. The predicted molar refractivity (Wildman–Crippen MR) is 104 cm³/mol. The van der Waals surface area contributed by atoms with Crippen LogP contribution in [0.2, 0.25) is 5.02 Å². The van der Waals surface area contributed by atoms with E-state index in [-0.39, 0.29) is 11.8 Å². The van der Waals surface area contributed by atoms with Gasteiger partial charge in [-0.2, -0.15) is 5.10 Å². The van der Waals surface area contributed by atoms with Crippen LogP contribution >= 0.6 is 11.6 Å². The number of furan rings is 1. The van der Waals surface area contributed by atoms with E-state index in [2.05, 4.69) is 0 Å². The Kier molecular flexibility index (Phi) is 3.94. The van der Waals surface area contributed by atoms with Gasteiger partial charge in [-0.1, -0.05) is 23.7 Å². The van der Waals surface area contributed by atoms with Gasteiger partial charge in [0.2, 0.25) is 6.23 Å². The zero-order chi connectivity index (χ0) is 19.3. The molecule has 2 aromatic carbocycles. The maximum Gasteiger partial charge on any atom is 0.246 e. The quantitative estimate of drug-likeness (QED) is 0.682. The molecule has 2 unspecified atom stereocenters. The summed E-state index contributed by atoms with van der Waals surface area (Å²) < 4.78 is 17.4. The summed E-state index contributed by atoms with van der Waals surface area (Å²) in [4.78, 5) is 0. The topological polar surface area (TPSA) is 67.4 Å². The Labute approximate surface area is 166 Å². The average Bonchev–Trinajstić information content (AvgIpc) is 3.39. The van der Waals surface area contributed by atoms with Crippen molar-refractivity contribution in [1.29, 1.82) is 0 Å². The van der Waals surface area contributed by atoms with Gasteiger partial charge >= 0.3 is 0 Å². The third-order valence-electron chi connectivity index (χ3n) is 5.06. The molecule has 6 nitrogen and oxygen atoms in total. The molecule has 0 aliphatic carbocycles. The van der Waals surface area contributed by atoms with Crippen LogP contribution in [-0.4, -0.2) is 22.9 Å². The number of nitrogens with zero attached hydrogens (tertiary/aromatic N) is 2. The zero-order valence-electron chi connectivity index (χ0n) is 15.0. The van der Waals surface area contributed by atoms with E-state index in [9.17, 15) is 5.11 Å². The number of phenols is 1. The Morgan fingerprint density at radius 1 is 1.21 bits per heavy atom. The number of hydrogen-bond acceptors (Lipinski definition) is 6. The number of para-hydroxylation sites is 1. The maximum absolute atomic E-state index is 10.3. The smallest absolute Gasteiger partial charge is 0.246 e. The van der Waals surface area contributed by atoms with Crippen molar-refractivity contribution in [3.63, 3.8) is 0 Å². The fourth-order valence-corrected chi connectivity index (χ4v) is 3.94. The number of ether oxygens (including phenoxy) is 2. The predicted octanol–water partition coefficient (Wildman–Crippen LogP) is 4.89. The van der Waals surface area contributed by atoms with Crippen LogP contribution in [0.15, 0.2) is 64.3 Å². The number of aromatic hydroxyl groups is 1. The molecule has 0 fully saturated rings. The number of hydrogen-bond donors (Lipinski definition) is 1. The van der Waals surface area contributed by atoms with E-state index in [4.69, 9.17) is 30.6 Å². The zero-order valence-corrected chi connectivity index (χ0v) is 15.8. The molecule has 0 bridgehead atoms. The van der Waals surface area contributed by atoms with E-state index < -0.39 is 6.23 Å². The third-order valence-corrected chi connectivity index (χ3v) is 5.29. The van der Waals surface area contributed by atoms with E-state index >= 15 is 0 Å². The molecule has 0 saturated carbocycles. The van der Waals surface area contributed by atoms with Gasteiger partial charge in [0.25, 0.3) is 0 Å². The SMILES string of the molecule is COc1cccc2c1OC(c1ccco1)N1N=C(c3cc(Cl)ccc3O)CC21. The molecule has 0 spiro atoms. The van der Waals surface area contributed by atoms with Gasteiger partial charge in [-0.05, 0) is 36.4 Å². The van der Waals surface area contributed by atoms with Crippen LogP contribution in [0.1, 0.15) is 35.6 Å². The lowest BCUT2D eigenvalue weighted by Crippen LogP contribution is -2.33. The highest BCUT2D eigenvalue weighted by Gasteiger charge is 2.43. The van der Waals surface area contributed by atoms with E-state index in [1.54, 1.807) is 31.6 Å². The van der Waals surface area contributed by atoms with Gasteiger partial charge in [0.15, 0.2) is 17.3 Å². The minimum Gasteiger partial charge on any atom is -0.507 e. The fraction of sp³-hybridized carbons (Fsp3) is 0.190. The van der Waals surface area contributed by atoms with Crippen LogP contribution in [0.4, 0.5) is 0 Å². The van der Waals surface area contributed by atoms with Gasteiger partial charge in [-0.3, -0.25) is 0 Å². The van der Waals surface area contributed by atoms with Crippen molar-refractivity contribution >= 4 is 17.3 Å². The van der Waals surface area contributed by atoms with Gasteiger partial charge in [0.05, 0.1) is 25.1 Å². The van der Waals surface area contributed by atoms with E-state index in [1.807, 2.05) is 35.3 Å². The molecule has 3 aromatic rings. The summed E-state index contributed by atoms with van der Waals surface area (Å²) in [5.41, 5.74) is 2.33. The lowest BCUT2D eigenvalue weighted by molar-refractivity contribution is -0.0342. The number of halogens is 1. The monoisotopic (exact) mass is 396 g/mol. The van der Waals surface area contributed by atoms with Crippen molar-refractivity contribution in [1.82, 2.24) is 5.01 Å². The Morgan fingerprint density at radius 2 is 2.11 bits per heavy atom. The molecule has 0 amide bonds. The summed E-state index contributed by atoms with van der Waals surface area (Å²) in [7, 11) is 1.62. The Hall–Kier alpha value is -3.12. The number of benzene rings is 2. The molecule has 2 atom stereocenters. The Balaban J connectivity index is 1.64. The van der Waals surface area contributed by atoms with Gasteiger partial charge in [0.1, 0.15) is 5.75 Å². The van der Waals surface area contributed by atoms with Crippen LogP contribution in [0, 0.1) is 0 Å². The lowest BCUT2D eigenvalue weighted by Gasteiger charge is -2.37. The van der Waals surface area contributed by atoms with Crippen molar-refractivity contribution in [2.24, 2.45) is 5.10 Å². The van der Waals surface area contributed by atoms with Crippen LogP contribution < -0.4 is 9.47 Å². The molecule has 0 saturated heterocycles. The molecule has 0 radical (unpaired) electrons. The number of rotatable bonds is 3. The molecular weight excluding hydrogens is 380 g/mol. The first-order chi connectivity index (χ1) is 13.7. The molecule has 5 rings (SSSR count). The third kappa shape index (κ3) is 2.60. The van der Waals surface area contributed by atoms with Crippen LogP contribution in [0.5, 0.6) is 17.2 Å². The van der Waals surface area contributed by atoms with Crippen molar-refractivity contribution < 1.29 is 19.0 Å². The molecule has 3 heterocycles. The lowest BCUT2D eigenvalue weighted by atomic mass is 9.95. The van der Waals surface area contributed by atoms with Gasteiger partial charge in [0, 0.05) is 22.6 Å². The van der Waals surface area contributed by atoms with Crippen LogP contribution in [-0.2, 0) is 0 Å². The van der Waals surface area contributed by atoms with Gasteiger partial charge < -0.3 is 19.0 Å². The Morgan fingerprint density at radius 3 is 2.89 bits per heavy atom. The van der Waals surface area contributed by atoms with Crippen molar-refractivity contribution in [3.8, 4) is 17.2 Å². The largest absolute Gasteiger partial charge is 0.507 e. The maximum atomic E-state index is 10.3. The number of methoxy groups -OCH3 is 1. The van der Waals surface area contributed by atoms with Crippen molar-refractivity contribution in [3.05, 3.63) is 76.7 Å². The summed E-state index contributed by atoms with van der Waals surface area (Å²) in [5.74, 6) is 2.12. The highest BCUT2D eigenvalue weighted by molar-refractivity contribution is 6.31. The van der Waals surface area contributed by atoms with E-state index in [0.29, 0.717) is 34.3 Å². The molecule has 1 aromatic heterocycles. The Bertz CT molecular complexity index is 1060. The second-order valence-electron chi connectivity index (χ2n) is 6.67. The molecule has 2 aliphatic heterocycles. The molecular formula is C21H17ClN2O4. The summed E-state index contributed by atoms with van der Waals surface area (Å²) in [6, 6.07) is 14.3. The number of phenolic OH excluding ortho intramolecular Hbond substituents is 1. The minimum atomic E-state index is -0.539. The first-order valence-corrected chi connectivity index (χ1v) is 9.25.